The van der Waals surface area contributed by atoms with E-state index in [0.29, 0.717) is 57.9 Å². The second-order valence-electron chi connectivity index (χ2n) is 7.18. The van der Waals surface area contributed by atoms with E-state index >= 15 is 0 Å². The molecule has 0 unspecified atom stereocenters. The maximum absolute atomic E-state index is 10.4. The maximum atomic E-state index is 10.4. The van der Waals surface area contributed by atoms with E-state index in [1.54, 1.807) is 14.2 Å². The molecule has 2 fully saturated rings. The molecule has 2 aliphatic heterocycles. The molecule has 170 valence electrons. The first-order chi connectivity index (χ1) is 15.0. The van der Waals surface area contributed by atoms with Crippen molar-refractivity contribution in [2.75, 3.05) is 40.6 Å². The summed E-state index contributed by atoms with van der Waals surface area (Å²) in [4.78, 5) is 10.4. The van der Waals surface area contributed by atoms with Gasteiger partial charge in [0.1, 0.15) is 17.3 Å². The summed E-state index contributed by atoms with van der Waals surface area (Å²) >= 11 is 3.32. The van der Waals surface area contributed by atoms with Crippen molar-refractivity contribution in [1.82, 2.24) is 0 Å². The average Bonchev–Trinajstić information content (AvgIpc) is 2.81. The van der Waals surface area contributed by atoms with E-state index in [9.17, 15) is 9.90 Å². The van der Waals surface area contributed by atoms with E-state index in [4.69, 9.17) is 18.9 Å². The number of aliphatic hydroxyl groups is 1. The van der Waals surface area contributed by atoms with Gasteiger partial charge in [0.2, 0.25) is 0 Å². The van der Waals surface area contributed by atoms with Crippen LogP contribution >= 0.6 is 15.9 Å². The Kier molecular flexibility index (Phi) is 11.0. The quantitative estimate of drug-likeness (QED) is 0.676. The summed E-state index contributed by atoms with van der Waals surface area (Å²) in [6.45, 7) is 2.53. The number of carbonyl (C=O) groups is 1. The van der Waals surface area contributed by atoms with Gasteiger partial charge in [-0.3, -0.25) is 4.79 Å². The van der Waals surface area contributed by atoms with Gasteiger partial charge in [0.05, 0.1) is 33.0 Å². The fourth-order valence-corrected chi connectivity index (χ4v) is 3.33. The first-order valence-corrected chi connectivity index (χ1v) is 11.1. The van der Waals surface area contributed by atoms with Crippen LogP contribution in [0.1, 0.15) is 31.2 Å². The minimum atomic E-state index is -0.718. The van der Waals surface area contributed by atoms with E-state index in [1.807, 2.05) is 48.5 Å². The van der Waals surface area contributed by atoms with Gasteiger partial charge < -0.3 is 24.1 Å². The molecule has 4 rings (SSSR count). The number of carbonyl (C=O) groups excluding carboxylic acids is 1. The van der Waals surface area contributed by atoms with Crippen molar-refractivity contribution in [3.8, 4) is 11.5 Å². The molecule has 0 aromatic heterocycles. The van der Waals surface area contributed by atoms with Crippen LogP contribution in [0.3, 0.4) is 0 Å². The minimum absolute atomic E-state index is 0.339. The van der Waals surface area contributed by atoms with Crippen LogP contribution in [0, 0.1) is 0 Å². The van der Waals surface area contributed by atoms with Crippen LogP contribution < -0.4 is 9.47 Å². The Hall–Kier alpha value is -1.93. The lowest BCUT2D eigenvalue weighted by Gasteiger charge is -2.32. The van der Waals surface area contributed by atoms with Crippen LogP contribution in [0.25, 0.3) is 0 Å². The molecule has 2 aromatic carbocycles. The van der Waals surface area contributed by atoms with Crippen LogP contribution in [0.2, 0.25) is 0 Å². The second-order valence-corrected chi connectivity index (χ2v) is 8.10. The van der Waals surface area contributed by atoms with Gasteiger partial charge in [0, 0.05) is 43.4 Å². The van der Waals surface area contributed by atoms with Crippen LogP contribution in [0.5, 0.6) is 11.5 Å². The molecule has 0 amide bonds. The van der Waals surface area contributed by atoms with Gasteiger partial charge in [-0.1, -0.05) is 28.1 Å². The molecule has 2 heterocycles. The highest BCUT2D eigenvalue weighted by Crippen LogP contribution is 2.32. The zero-order valence-electron chi connectivity index (χ0n) is 18.1. The lowest BCUT2D eigenvalue weighted by Crippen LogP contribution is -2.33. The topological polar surface area (TPSA) is 74.2 Å². The van der Waals surface area contributed by atoms with Crippen molar-refractivity contribution < 1.29 is 28.8 Å². The Balaban J connectivity index is 0.000000181. The molecular weight excluding hydrogens is 464 g/mol. The van der Waals surface area contributed by atoms with Gasteiger partial charge in [0.15, 0.2) is 0 Å². The first kappa shape index (κ1) is 25.3. The summed E-state index contributed by atoms with van der Waals surface area (Å²) in [6.07, 6.45) is 2.58. The molecule has 7 heteroatoms. The van der Waals surface area contributed by atoms with E-state index < -0.39 is 5.60 Å². The molecule has 2 saturated heterocycles. The zero-order valence-corrected chi connectivity index (χ0v) is 19.7. The molecule has 2 aromatic rings. The van der Waals surface area contributed by atoms with Crippen molar-refractivity contribution in [3.05, 3.63) is 58.6 Å². The van der Waals surface area contributed by atoms with Gasteiger partial charge in [-0.15, -0.1) is 0 Å². The molecule has 31 heavy (non-hydrogen) atoms. The van der Waals surface area contributed by atoms with Crippen LogP contribution in [0.4, 0.5) is 0 Å². The summed E-state index contributed by atoms with van der Waals surface area (Å²) in [5.74, 6) is 2.04. The van der Waals surface area contributed by atoms with Crippen molar-refractivity contribution in [2.45, 2.75) is 31.3 Å². The van der Waals surface area contributed by atoms with Gasteiger partial charge in [-0.25, -0.2) is 0 Å². The zero-order chi connectivity index (χ0) is 22.5. The van der Waals surface area contributed by atoms with Gasteiger partial charge in [-0.2, -0.15) is 0 Å². The molecule has 1 N–H and O–H groups in total. The lowest BCUT2D eigenvalue weighted by molar-refractivity contribution is -0.124. The Morgan fingerprint density at radius 3 is 1.68 bits per heavy atom. The standard InChI is InChI=1S/C12H16O3.C7H7BrO.C5H8O2/c1-14-11-4-2-10(3-5-11)12(13)6-8-15-9-7-12;1-9-7-4-2-6(8)3-5-7;6-5-1-3-7-4-2-5/h2-5,13H,6-9H2,1H3;2-5H,1H3;1-4H2. The Labute approximate surface area is 192 Å². The van der Waals surface area contributed by atoms with E-state index in [2.05, 4.69) is 15.9 Å². The molecule has 0 saturated carbocycles. The third-order valence-electron chi connectivity index (χ3n) is 5.05. The predicted octanol–water partition coefficient (Wildman–Crippen LogP) is 4.52. The SMILES string of the molecule is COc1ccc(Br)cc1.COc1ccc(C2(O)CCOCC2)cc1.O=C1CCOCC1. The number of ketones is 1. The molecule has 0 bridgehead atoms. The number of Topliss-reactive ketones (excluding diaryl/α,β-unsaturated/α-hetero) is 1. The molecule has 0 atom stereocenters. The summed E-state index contributed by atoms with van der Waals surface area (Å²) < 4.78 is 21.3. The Morgan fingerprint density at radius 1 is 0.806 bits per heavy atom. The van der Waals surface area contributed by atoms with Crippen molar-refractivity contribution in [2.24, 2.45) is 0 Å². The summed E-state index contributed by atoms with van der Waals surface area (Å²) in [5.41, 5.74) is 0.233. The van der Waals surface area contributed by atoms with Crippen LogP contribution in [0.15, 0.2) is 53.0 Å². The van der Waals surface area contributed by atoms with Gasteiger partial charge >= 0.3 is 0 Å². The molecule has 0 spiro atoms. The number of hydrogen-bond donors (Lipinski definition) is 1. The van der Waals surface area contributed by atoms with Crippen molar-refractivity contribution in [1.29, 1.82) is 0 Å². The van der Waals surface area contributed by atoms with Crippen LogP contribution in [-0.2, 0) is 19.9 Å². The second kappa shape index (κ2) is 13.5. The number of ether oxygens (including phenoxy) is 4. The smallest absolute Gasteiger partial charge is 0.137 e. The van der Waals surface area contributed by atoms with Crippen molar-refractivity contribution in [3.63, 3.8) is 0 Å². The summed E-state index contributed by atoms with van der Waals surface area (Å²) in [6, 6.07) is 15.3. The fourth-order valence-electron chi connectivity index (χ4n) is 3.07. The molecule has 6 nitrogen and oxygen atoms in total. The highest BCUT2D eigenvalue weighted by Gasteiger charge is 2.31. The van der Waals surface area contributed by atoms with E-state index in [0.717, 1.165) is 21.5 Å². The van der Waals surface area contributed by atoms with Crippen molar-refractivity contribution >= 4 is 21.7 Å². The number of benzene rings is 2. The first-order valence-electron chi connectivity index (χ1n) is 10.3. The van der Waals surface area contributed by atoms with Gasteiger partial charge in [0.25, 0.3) is 0 Å². The monoisotopic (exact) mass is 494 g/mol. The number of hydrogen-bond acceptors (Lipinski definition) is 6. The lowest BCUT2D eigenvalue weighted by atomic mass is 9.86. The Morgan fingerprint density at radius 2 is 1.26 bits per heavy atom. The third kappa shape index (κ3) is 8.99. The molecule has 0 aliphatic carbocycles. The molecule has 2 aliphatic rings. The maximum Gasteiger partial charge on any atom is 0.137 e. The highest BCUT2D eigenvalue weighted by molar-refractivity contribution is 9.10. The minimum Gasteiger partial charge on any atom is -0.497 e. The number of methoxy groups -OCH3 is 2. The normalized spacial score (nSPS) is 17.4. The van der Waals surface area contributed by atoms with E-state index in [-0.39, 0.29) is 0 Å². The van der Waals surface area contributed by atoms with Gasteiger partial charge in [-0.05, 0) is 42.0 Å². The Bertz CT molecular complexity index is 762. The van der Waals surface area contributed by atoms with E-state index in [1.165, 1.54) is 0 Å². The van der Waals surface area contributed by atoms with Crippen LogP contribution in [-0.4, -0.2) is 51.5 Å². The fraction of sp³-hybridized carbons (Fsp3) is 0.458. The number of rotatable bonds is 3. The summed E-state index contributed by atoms with van der Waals surface area (Å²) in [7, 11) is 3.29. The highest BCUT2D eigenvalue weighted by atomic mass is 79.9. The molecular formula is C24H31BrO6. The summed E-state index contributed by atoms with van der Waals surface area (Å²) in [5, 5.41) is 10.4. The predicted molar refractivity (Wildman–Crippen MR) is 123 cm³/mol. The largest absolute Gasteiger partial charge is 0.497 e. The number of halogens is 1. The third-order valence-corrected chi connectivity index (χ3v) is 5.58. The average molecular weight is 495 g/mol. The molecule has 0 radical (unpaired) electrons.